The largest absolute Gasteiger partial charge is 0.388 e. The van der Waals surface area contributed by atoms with Gasteiger partial charge in [0.15, 0.2) is 5.65 Å². The van der Waals surface area contributed by atoms with Gasteiger partial charge in [-0.2, -0.15) is 5.10 Å². The van der Waals surface area contributed by atoms with Crippen molar-refractivity contribution in [1.29, 1.82) is 0 Å². The van der Waals surface area contributed by atoms with Gasteiger partial charge in [0.2, 0.25) is 0 Å². The second-order valence-electron chi connectivity index (χ2n) is 6.33. The van der Waals surface area contributed by atoms with Gasteiger partial charge < -0.3 is 10.4 Å². The molecule has 1 amide bonds. The highest BCUT2D eigenvalue weighted by atomic mass is 16.3. The van der Waals surface area contributed by atoms with Gasteiger partial charge in [-0.3, -0.25) is 9.48 Å². The molecule has 1 aliphatic rings. The summed E-state index contributed by atoms with van der Waals surface area (Å²) in [5.41, 5.74) is 2.10. The number of hydrogen-bond donors (Lipinski definition) is 2. The molecular formula is C16H22N4O2. The van der Waals surface area contributed by atoms with Gasteiger partial charge in [-0.05, 0) is 32.8 Å². The summed E-state index contributed by atoms with van der Waals surface area (Å²) in [4.78, 5) is 17.0. The average Bonchev–Trinajstić information content (AvgIpc) is 3.01. The van der Waals surface area contributed by atoms with Crippen molar-refractivity contribution in [3.05, 3.63) is 23.0 Å². The number of carbonyl (C=O) groups is 1. The monoisotopic (exact) mass is 302 g/mol. The van der Waals surface area contributed by atoms with E-state index < -0.39 is 5.60 Å². The lowest BCUT2D eigenvalue weighted by atomic mass is 10.0. The highest BCUT2D eigenvalue weighted by molar-refractivity contribution is 6.06. The number of amides is 1. The van der Waals surface area contributed by atoms with Crippen LogP contribution in [0, 0.1) is 13.8 Å². The minimum absolute atomic E-state index is 0.174. The lowest BCUT2D eigenvalue weighted by Crippen LogP contribution is -2.40. The summed E-state index contributed by atoms with van der Waals surface area (Å²) in [6.45, 7) is 4.04. The van der Waals surface area contributed by atoms with Crippen LogP contribution in [0.1, 0.15) is 47.4 Å². The van der Waals surface area contributed by atoms with E-state index in [9.17, 15) is 9.90 Å². The van der Waals surface area contributed by atoms with Crippen molar-refractivity contribution in [3.63, 3.8) is 0 Å². The molecule has 118 valence electrons. The van der Waals surface area contributed by atoms with Crippen molar-refractivity contribution in [1.82, 2.24) is 20.1 Å². The van der Waals surface area contributed by atoms with Gasteiger partial charge >= 0.3 is 0 Å². The molecule has 1 fully saturated rings. The van der Waals surface area contributed by atoms with E-state index in [1.807, 2.05) is 20.9 Å². The SMILES string of the molecule is Cc1cc(C(=O)NCC2(O)CCCC2)c2c(C)nn(C)c2n1. The highest BCUT2D eigenvalue weighted by Gasteiger charge is 2.31. The third-order valence-corrected chi connectivity index (χ3v) is 4.45. The molecule has 2 N–H and O–H groups in total. The molecule has 0 saturated heterocycles. The number of hydrogen-bond acceptors (Lipinski definition) is 4. The summed E-state index contributed by atoms with van der Waals surface area (Å²) in [7, 11) is 1.82. The first-order valence-corrected chi connectivity index (χ1v) is 7.71. The number of pyridine rings is 1. The highest BCUT2D eigenvalue weighted by Crippen LogP contribution is 2.29. The minimum Gasteiger partial charge on any atom is -0.388 e. The molecule has 2 heterocycles. The lowest BCUT2D eigenvalue weighted by molar-refractivity contribution is 0.0450. The van der Waals surface area contributed by atoms with E-state index in [0.717, 1.165) is 42.5 Å². The number of nitrogens with one attached hydrogen (secondary N) is 1. The summed E-state index contributed by atoms with van der Waals surface area (Å²) in [6, 6.07) is 1.78. The molecule has 0 atom stereocenters. The van der Waals surface area contributed by atoms with Crippen LogP contribution in [0.5, 0.6) is 0 Å². The molecule has 0 unspecified atom stereocenters. The predicted octanol–water partition coefficient (Wildman–Crippen LogP) is 1.62. The zero-order chi connectivity index (χ0) is 15.9. The van der Waals surface area contributed by atoms with Gasteiger partial charge in [0.25, 0.3) is 5.91 Å². The Hall–Kier alpha value is -1.95. The Morgan fingerprint density at radius 3 is 2.77 bits per heavy atom. The van der Waals surface area contributed by atoms with Gasteiger partial charge in [0.1, 0.15) is 0 Å². The van der Waals surface area contributed by atoms with E-state index in [1.54, 1.807) is 10.7 Å². The zero-order valence-electron chi connectivity index (χ0n) is 13.3. The van der Waals surface area contributed by atoms with Crippen LogP contribution in [-0.4, -0.2) is 37.9 Å². The first-order valence-electron chi connectivity index (χ1n) is 7.71. The topological polar surface area (TPSA) is 80.0 Å². The van der Waals surface area contributed by atoms with Crippen LogP contribution in [0.2, 0.25) is 0 Å². The Kier molecular flexibility index (Phi) is 3.64. The number of aryl methyl sites for hydroxylation is 3. The van der Waals surface area contributed by atoms with Gasteiger partial charge in [-0.1, -0.05) is 12.8 Å². The zero-order valence-corrected chi connectivity index (χ0v) is 13.3. The van der Waals surface area contributed by atoms with Gasteiger partial charge in [0, 0.05) is 19.3 Å². The van der Waals surface area contributed by atoms with Crippen LogP contribution in [-0.2, 0) is 7.05 Å². The van der Waals surface area contributed by atoms with Gasteiger partial charge in [-0.15, -0.1) is 0 Å². The van der Waals surface area contributed by atoms with E-state index in [2.05, 4.69) is 15.4 Å². The molecule has 0 aliphatic heterocycles. The molecule has 22 heavy (non-hydrogen) atoms. The molecule has 6 heteroatoms. The number of fused-ring (bicyclic) bond motifs is 1. The van der Waals surface area contributed by atoms with Crippen LogP contribution < -0.4 is 5.32 Å². The quantitative estimate of drug-likeness (QED) is 0.903. The first kappa shape index (κ1) is 15.0. The Morgan fingerprint density at radius 2 is 2.09 bits per heavy atom. The Labute approximate surface area is 129 Å². The van der Waals surface area contributed by atoms with Crippen LogP contribution in [0.3, 0.4) is 0 Å². The second-order valence-corrected chi connectivity index (χ2v) is 6.33. The fraction of sp³-hybridized carbons (Fsp3) is 0.562. The Balaban J connectivity index is 1.90. The maximum atomic E-state index is 12.6. The molecule has 2 aromatic heterocycles. The van der Waals surface area contributed by atoms with Crippen molar-refractivity contribution in [3.8, 4) is 0 Å². The number of aromatic nitrogens is 3. The van der Waals surface area contributed by atoms with Crippen LogP contribution >= 0.6 is 0 Å². The van der Waals surface area contributed by atoms with E-state index in [0.29, 0.717) is 17.8 Å². The average molecular weight is 302 g/mol. The maximum absolute atomic E-state index is 12.6. The molecule has 2 aromatic rings. The minimum atomic E-state index is -0.749. The molecule has 3 rings (SSSR count). The summed E-state index contributed by atoms with van der Waals surface area (Å²) in [5.74, 6) is -0.174. The van der Waals surface area contributed by atoms with E-state index in [4.69, 9.17) is 0 Å². The lowest BCUT2D eigenvalue weighted by Gasteiger charge is -2.22. The summed E-state index contributed by atoms with van der Waals surface area (Å²) in [5, 5.41) is 18.4. The van der Waals surface area contributed by atoms with Crippen LogP contribution in [0.4, 0.5) is 0 Å². The normalized spacial score (nSPS) is 17.1. The van der Waals surface area contributed by atoms with Crippen LogP contribution in [0.15, 0.2) is 6.07 Å². The maximum Gasteiger partial charge on any atom is 0.252 e. The van der Waals surface area contributed by atoms with Crippen molar-refractivity contribution in [2.45, 2.75) is 45.1 Å². The van der Waals surface area contributed by atoms with Gasteiger partial charge in [-0.25, -0.2) is 4.98 Å². The Bertz CT molecular complexity index is 729. The van der Waals surface area contributed by atoms with Gasteiger partial charge in [0.05, 0.1) is 22.2 Å². The van der Waals surface area contributed by atoms with Crippen molar-refractivity contribution < 1.29 is 9.90 Å². The predicted molar refractivity (Wildman–Crippen MR) is 83.7 cm³/mol. The summed E-state index contributed by atoms with van der Waals surface area (Å²) < 4.78 is 1.69. The molecule has 0 aromatic carbocycles. The second kappa shape index (κ2) is 5.35. The third kappa shape index (κ3) is 2.59. The van der Waals surface area contributed by atoms with E-state index in [-0.39, 0.29) is 5.91 Å². The van der Waals surface area contributed by atoms with Crippen molar-refractivity contribution in [2.24, 2.45) is 7.05 Å². The summed E-state index contributed by atoms with van der Waals surface area (Å²) in [6.07, 6.45) is 3.55. The standard InChI is InChI=1S/C16H22N4O2/c1-10-8-12(13-11(2)19-20(3)14(13)18-10)15(21)17-9-16(22)6-4-5-7-16/h8,22H,4-7,9H2,1-3H3,(H,17,21). The Morgan fingerprint density at radius 1 is 1.41 bits per heavy atom. The molecular weight excluding hydrogens is 280 g/mol. The molecule has 0 radical (unpaired) electrons. The summed E-state index contributed by atoms with van der Waals surface area (Å²) >= 11 is 0. The molecule has 0 bridgehead atoms. The van der Waals surface area contributed by atoms with Crippen LogP contribution in [0.25, 0.3) is 11.0 Å². The van der Waals surface area contributed by atoms with Crippen molar-refractivity contribution in [2.75, 3.05) is 6.54 Å². The first-order chi connectivity index (χ1) is 10.4. The number of nitrogens with zero attached hydrogens (tertiary/aromatic N) is 3. The molecule has 1 saturated carbocycles. The molecule has 6 nitrogen and oxygen atoms in total. The van der Waals surface area contributed by atoms with Crippen molar-refractivity contribution >= 4 is 16.9 Å². The number of rotatable bonds is 3. The third-order valence-electron chi connectivity index (χ3n) is 4.45. The van der Waals surface area contributed by atoms with E-state index >= 15 is 0 Å². The van der Waals surface area contributed by atoms with E-state index in [1.165, 1.54) is 0 Å². The fourth-order valence-electron chi connectivity index (χ4n) is 3.30. The number of carbonyl (C=O) groups excluding carboxylic acids is 1. The number of aliphatic hydroxyl groups is 1. The molecule has 1 aliphatic carbocycles. The smallest absolute Gasteiger partial charge is 0.252 e. The fourth-order valence-corrected chi connectivity index (χ4v) is 3.30. The molecule has 0 spiro atoms.